The first-order valence-corrected chi connectivity index (χ1v) is 16.1. The number of carbonyl (C=O) groups is 5. The normalized spacial score (nSPS) is 30.1. The maximum atomic E-state index is 13.0. The Morgan fingerprint density at radius 2 is 1.67 bits per heavy atom. The predicted molar refractivity (Wildman–Crippen MR) is 171 cm³/mol. The second-order valence-electron chi connectivity index (χ2n) is 13.1. The predicted octanol–water partition coefficient (Wildman–Crippen LogP) is 2.88. The number of carbonyl (C=O) groups excluding carboxylic acids is 2. The number of aliphatic carboxylic acids is 3. The summed E-state index contributed by atoms with van der Waals surface area (Å²) in [6.45, 7) is 12.9. The minimum Gasteiger partial charge on any atom is -0.479 e. The largest absolute Gasteiger partial charge is 0.479 e. The standard InChI is InChI=1S/C35H46O14/c1-7-19(2)17-20(3)13-14-25(37)47-28-27(38)33(48-29(30(39)40)34(45,31(41)42)35(28,49-33)32(43)44)16-15-21(4)26(46-23(6)36)22(5)18-24-11-9-8-10-12-24/h8-14,19-20,22,26-29,38,45H,4,7,15-18H2,1-3,5-6H3,(H,39,40)(H,41,42)(H,43,44)/b14-13+/t19-,20+,22+,26+,27+,28+,29+,33?,34+,35-/m0/s1. The molecule has 5 N–H and O–H groups in total. The number of esters is 2. The van der Waals surface area contributed by atoms with Gasteiger partial charge in [0.15, 0.2) is 6.10 Å². The highest BCUT2D eigenvalue weighted by Crippen LogP contribution is 2.56. The number of fused-ring (bicyclic) bond motifs is 2. The van der Waals surface area contributed by atoms with Crippen LogP contribution in [0.1, 0.15) is 65.9 Å². The fourth-order valence-electron chi connectivity index (χ4n) is 6.58. The van der Waals surface area contributed by atoms with E-state index in [0.29, 0.717) is 18.8 Å². The molecule has 2 heterocycles. The summed E-state index contributed by atoms with van der Waals surface area (Å²) in [6, 6.07) is 9.29. The summed E-state index contributed by atoms with van der Waals surface area (Å²) in [5, 5.41) is 53.5. The van der Waals surface area contributed by atoms with Crippen LogP contribution in [-0.2, 0) is 49.3 Å². The van der Waals surface area contributed by atoms with Crippen molar-refractivity contribution in [1.29, 1.82) is 0 Å². The van der Waals surface area contributed by atoms with Gasteiger partial charge in [0.1, 0.15) is 12.2 Å². The van der Waals surface area contributed by atoms with E-state index < -0.39 is 77.7 Å². The fraction of sp³-hybridized carbons (Fsp3) is 0.571. The van der Waals surface area contributed by atoms with Crippen molar-refractivity contribution in [2.45, 2.75) is 108 Å². The quantitative estimate of drug-likeness (QED) is 0.0901. The molecule has 2 aliphatic rings. The Hall–Kier alpha value is -4.11. The van der Waals surface area contributed by atoms with E-state index in [1.54, 1.807) is 6.92 Å². The van der Waals surface area contributed by atoms with Crippen LogP contribution in [-0.4, -0.2) is 96.8 Å². The molecule has 3 rings (SSSR count). The zero-order chi connectivity index (χ0) is 36.9. The molecule has 270 valence electrons. The summed E-state index contributed by atoms with van der Waals surface area (Å²) < 4.78 is 22.0. The van der Waals surface area contributed by atoms with Crippen LogP contribution < -0.4 is 0 Å². The average Bonchev–Trinajstić information content (AvgIpc) is 3.25. The highest BCUT2D eigenvalue weighted by molar-refractivity contribution is 5.98. The van der Waals surface area contributed by atoms with E-state index in [1.165, 1.54) is 13.0 Å². The number of benzene rings is 1. The van der Waals surface area contributed by atoms with Gasteiger partial charge in [0.2, 0.25) is 23.1 Å². The summed E-state index contributed by atoms with van der Waals surface area (Å²) in [5.74, 6) is -11.3. The van der Waals surface area contributed by atoms with Crippen LogP contribution in [0.2, 0.25) is 0 Å². The van der Waals surface area contributed by atoms with Gasteiger partial charge >= 0.3 is 29.8 Å². The van der Waals surface area contributed by atoms with Gasteiger partial charge in [-0.3, -0.25) is 4.79 Å². The molecule has 49 heavy (non-hydrogen) atoms. The molecule has 0 aromatic heterocycles. The van der Waals surface area contributed by atoms with Gasteiger partial charge in [-0.25, -0.2) is 19.2 Å². The van der Waals surface area contributed by atoms with E-state index in [2.05, 4.69) is 6.58 Å². The number of hydrogen-bond donors (Lipinski definition) is 5. The van der Waals surface area contributed by atoms with Gasteiger partial charge in [-0.2, -0.15) is 0 Å². The Kier molecular flexibility index (Phi) is 12.5. The van der Waals surface area contributed by atoms with Crippen molar-refractivity contribution < 1.29 is 68.5 Å². The van der Waals surface area contributed by atoms with Crippen LogP contribution in [0.3, 0.4) is 0 Å². The Morgan fingerprint density at radius 1 is 1.04 bits per heavy atom. The Morgan fingerprint density at radius 3 is 2.20 bits per heavy atom. The molecule has 1 aromatic carbocycles. The van der Waals surface area contributed by atoms with Crippen molar-refractivity contribution in [2.24, 2.45) is 17.8 Å². The van der Waals surface area contributed by atoms with Gasteiger partial charge in [0.25, 0.3) is 0 Å². The number of aliphatic hydroxyl groups is 2. The molecule has 2 fully saturated rings. The Balaban J connectivity index is 2.02. The molecule has 1 unspecified atom stereocenters. The molecule has 1 aromatic rings. The lowest BCUT2D eigenvalue weighted by molar-refractivity contribution is -0.374. The first-order valence-electron chi connectivity index (χ1n) is 16.1. The molecule has 14 heteroatoms. The molecule has 2 aliphatic heterocycles. The lowest BCUT2D eigenvalue weighted by atomic mass is 9.74. The van der Waals surface area contributed by atoms with Gasteiger partial charge in [0, 0.05) is 25.3 Å². The van der Waals surface area contributed by atoms with Gasteiger partial charge in [-0.1, -0.05) is 77.1 Å². The third kappa shape index (κ3) is 7.88. The highest BCUT2D eigenvalue weighted by atomic mass is 16.8. The molecule has 2 bridgehead atoms. The van der Waals surface area contributed by atoms with E-state index >= 15 is 0 Å². The molecule has 2 saturated heterocycles. The van der Waals surface area contributed by atoms with Crippen molar-refractivity contribution in [3.8, 4) is 0 Å². The van der Waals surface area contributed by atoms with Crippen LogP contribution in [0.5, 0.6) is 0 Å². The summed E-state index contributed by atoms with van der Waals surface area (Å²) in [5.41, 5.74) is -6.27. The van der Waals surface area contributed by atoms with Crippen molar-refractivity contribution >= 4 is 29.8 Å². The molecule has 0 amide bonds. The Bertz CT molecular complexity index is 1440. The lowest BCUT2D eigenvalue weighted by Gasteiger charge is -2.48. The second-order valence-corrected chi connectivity index (χ2v) is 13.1. The zero-order valence-corrected chi connectivity index (χ0v) is 28.2. The number of carboxylic acids is 3. The van der Waals surface area contributed by atoms with Gasteiger partial charge in [-0.05, 0) is 42.2 Å². The first-order chi connectivity index (χ1) is 22.9. The van der Waals surface area contributed by atoms with Crippen molar-refractivity contribution in [3.05, 3.63) is 60.2 Å². The number of carboxylic acid groups (broad SMARTS) is 3. The average molecular weight is 691 g/mol. The van der Waals surface area contributed by atoms with Crippen LogP contribution >= 0.6 is 0 Å². The molecule has 10 atom stereocenters. The van der Waals surface area contributed by atoms with Gasteiger partial charge in [0.05, 0.1) is 0 Å². The monoisotopic (exact) mass is 690 g/mol. The Labute approximate surface area is 284 Å². The van der Waals surface area contributed by atoms with Crippen molar-refractivity contribution in [3.63, 3.8) is 0 Å². The van der Waals surface area contributed by atoms with E-state index in [1.807, 2.05) is 51.1 Å². The van der Waals surface area contributed by atoms with Crippen LogP contribution in [0, 0.1) is 17.8 Å². The van der Waals surface area contributed by atoms with E-state index in [0.717, 1.165) is 18.1 Å². The maximum absolute atomic E-state index is 13.0. The fourth-order valence-corrected chi connectivity index (χ4v) is 6.58. The smallest absolute Gasteiger partial charge is 0.344 e. The minimum atomic E-state index is -3.90. The number of aliphatic hydroxyl groups excluding tert-OH is 1. The van der Waals surface area contributed by atoms with Gasteiger partial charge < -0.3 is 44.5 Å². The first kappa shape index (κ1) is 39.3. The van der Waals surface area contributed by atoms with Crippen LogP contribution in [0.15, 0.2) is 54.6 Å². The molecule has 0 spiro atoms. The summed E-state index contributed by atoms with van der Waals surface area (Å²) in [4.78, 5) is 63.0. The number of hydrogen-bond acceptors (Lipinski definition) is 11. The second kappa shape index (κ2) is 15.6. The molecular weight excluding hydrogens is 644 g/mol. The van der Waals surface area contributed by atoms with Crippen molar-refractivity contribution in [2.75, 3.05) is 0 Å². The summed E-state index contributed by atoms with van der Waals surface area (Å²) >= 11 is 0. The summed E-state index contributed by atoms with van der Waals surface area (Å²) in [7, 11) is 0. The molecular formula is C35H46O14. The van der Waals surface area contributed by atoms with Crippen LogP contribution in [0.4, 0.5) is 0 Å². The molecule has 0 radical (unpaired) electrons. The zero-order valence-electron chi connectivity index (χ0n) is 28.2. The molecule has 0 saturated carbocycles. The highest BCUT2D eigenvalue weighted by Gasteiger charge is 2.85. The third-order valence-corrected chi connectivity index (χ3v) is 9.29. The molecule has 0 aliphatic carbocycles. The SMILES string of the molecule is C=C(CCC12O[C@H](C(=O)O)[C@@](O)(C(=O)O)[C@](C(=O)O)(O1)[C@H](OC(=O)/C=C/[C@@H](C)C[C@@H](C)CC)[C@H]2O)[C@@H](OC(C)=O)[C@H](C)Cc1ccccc1. The molecule has 14 nitrogen and oxygen atoms in total. The van der Waals surface area contributed by atoms with E-state index in [-0.39, 0.29) is 23.8 Å². The number of ether oxygens (including phenoxy) is 4. The summed E-state index contributed by atoms with van der Waals surface area (Å²) in [6.07, 6.45) is -4.83. The van der Waals surface area contributed by atoms with Gasteiger partial charge in [-0.15, -0.1) is 0 Å². The van der Waals surface area contributed by atoms with E-state index in [9.17, 15) is 49.5 Å². The number of rotatable bonds is 17. The van der Waals surface area contributed by atoms with Crippen LogP contribution in [0.25, 0.3) is 0 Å². The van der Waals surface area contributed by atoms with Crippen molar-refractivity contribution in [1.82, 2.24) is 0 Å². The van der Waals surface area contributed by atoms with E-state index in [4.69, 9.17) is 18.9 Å². The lowest BCUT2D eigenvalue weighted by Crippen LogP contribution is -2.78. The topological polar surface area (TPSA) is 223 Å². The maximum Gasteiger partial charge on any atom is 0.344 e. The third-order valence-electron chi connectivity index (χ3n) is 9.29. The minimum absolute atomic E-state index is 0.123. The number of allylic oxidation sites excluding steroid dienone is 1.